The van der Waals surface area contributed by atoms with Crippen LogP contribution in [0.5, 0.6) is 0 Å². The van der Waals surface area contributed by atoms with Gasteiger partial charge in [0.15, 0.2) is 0 Å². The first-order chi connectivity index (χ1) is 14.8. The van der Waals surface area contributed by atoms with Crippen LogP contribution in [0.15, 0.2) is 18.5 Å². The molecule has 1 saturated carbocycles. The topological polar surface area (TPSA) is 86.3 Å². The number of aromatic nitrogens is 3. The van der Waals surface area contributed by atoms with E-state index in [1.54, 1.807) is 11.1 Å². The van der Waals surface area contributed by atoms with Gasteiger partial charge >= 0.3 is 12.3 Å². The highest BCUT2D eigenvalue weighted by Crippen LogP contribution is 2.56. The van der Waals surface area contributed by atoms with Gasteiger partial charge in [-0.2, -0.15) is 13.2 Å². The van der Waals surface area contributed by atoms with Gasteiger partial charge in [-0.05, 0) is 26.8 Å². The fraction of sp³-hybridized carbons (Fsp3) is 0.591. The standard InChI is InChI=1S/C22H28F3N5O2/c1-11(2)19-28-16(12-6-15(22(23,24)25)18(26)27-7-12)10-30(19)17-13-8-29(9-14(13)17)20(31)32-21(3,4)5/h6-7,10-11,13-14,17H,8-9H2,1-5H3,(H2,26,27). The molecule has 2 aromatic heterocycles. The van der Waals surface area contributed by atoms with Crippen molar-refractivity contribution in [2.24, 2.45) is 11.8 Å². The molecular weight excluding hydrogens is 423 g/mol. The average Bonchev–Trinajstić information content (AvgIpc) is 3.03. The quantitative estimate of drug-likeness (QED) is 0.731. The van der Waals surface area contributed by atoms with Crippen molar-refractivity contribution in [3.8, 4) is 11.3 Å². The average molecular weight is 451 g/mol. The van der Waals surface area contributed by atoms with Gasteiger partial charge in [0.2, 0.25) is 0 Å². The van der Waals surface area contributed by atoms with Gasteiger partial charge in [0.05, 0.1) is 11.3 Å². The lowest BCUT2D eigenvalue weighted by molar-refractivity contribution is -0.137. The molecule has 10 heteroatoms. The molecule has 3 heterocycles. The van der Waals surface area contributed by atoms with E-state index in [4.69, 9.17) is 10.5 Å². The number of hydrogen-bond acceptors (Lipinski definition) is 5. The summed E-state index contributed by atoms with van der Waals surface area (Å²) in [5.41, 5.74) is 4.62. The largest absolute Gasteiger partial charge is 0.444 e. The first kappa shape index (κ1) is 22.4. The zero-order valence-electron chi connectivity index (χ0n) is 18.8. The molecule has 2 N–H and O–H groups in total. The van der Waals surface area contributed by atoms with Crippen molar-refractivity contribution in [1.82, 2.24) is 19.4 Å². The number of likely N-dealkylation sites (tertiary alicyclic amines) is 1. The van der Waals surface area contributed by atoms with Crippen LogP contribution in [-0.2, 0) is 10.9 Å². The molecule has 2 atom stereocenters. The van der Waals surface area contributed by atoms with Crippen LogP contribution >= 0.6 is 0 Å². The Labute approximate surface area is 184 Å². The molecule has 2 fully saturated rings. The molecule has 174 valence electrons. The van der Waals surface area contributed by atoms with E-state index in [1.807, 2.05) is 34.6 Å². The number of nitrogen functional groups attached to an aromatic ring is 1. The number of rotatable bonds is 3. The minimum Gasteiger partial charge on any atom is -0.444 e. The summed E-state index contributed by atoms with van der Waals surface area (Å²) in [7, 11) is 0. The van der Waals surface area contributed by atoms with Gasteiger partial charge in [0, 0.05) is 54.8 Å². The molecular formula is C22H28F3N5O2. The maximum Gasteiger partial charge on any atom is 0.419 e. The maximum atomic E-state index is 13.3. The molecule has 0 radical (unpaired) electrons. The predicted molar refractivity (Wildman–Crippen MR) is 113 cm³/mol. The van der Waals surface area contributed by atoms with Gasteiger partial charge < -0.3 is 19.9 Å². The summed E-state index contributed by atoms with van der Waals surface area (Å²) in [4.78, 5) is 22.4. The first-order valence-corrected chi connectivity index (χ1v) is 10.7. The number of ether oxygens (including phenoxy) is 1. The summed E-state index contributed by atoms with van der Waals surface area (Å²) < 4.78 is 47.3. The number of anilines is 1. The van der Waals surface area contributed by atoms with E-state index in [-0.39, 0.29) is 35.5 Å². The Morgan fingerprint density at radius 3 is 2.38 bits per heavy atom. The molecule has 4 rings (SSSR count). The monoisotopic (exact) mass is 451 g/mol. The number of piperidine rings is 1. The Morgan fingerprint density at radius 1 is 1.22 bits per heavy atom. The van der Waals surface area contributed by atoms with Crippen molar-refractivity contribution in [3.63, 3.8) is 0 Å². The first-order valence-electron chi connectivity index (χ1n) is 10.7. The zero-order valence-corrected chi connectivity index (χ0v) is 18.8. The highest BCUT2D eigenvalue weighted by Gasteiger charge is 2.58. The third-order valence-electron chi connectivity index (χ3n) is 5.92. The summed E-state index contributed by atoms with van der Waals surface area (Å²) in [5, 5.41) is 0. The van der Waals surface area contributed by atoms with E-state index in [9.17, 15) is 18.0 Å². The number of fused-ring (bicyclic) bond motifs is 1. The van der Waals surface area contributed by atoms with E-state index in [0.717, 1.165) is 11.9 Å². The second kappa shape index (κ2) is 7.38. The number of nitrogens with zero attached hydrogens (tertiary/aromatic N) is 4. The van der Waals surface area contributed by atoms with Crippen molar-refractivity contribution in [1.29, 1.82) is 0 Å². The molecule has 2 aliphatic rings. The van der Waals surface area contributed by atoms with E-state index in [0.29, 0.717) is 18.8 Å². The highest BCUT2D eigenvalue weighted by molar-refractivity contribution is 5.69. The van der Waals surface area contributed by atoms with Gasteiger partial charge in [-0.15, -0.1) is 0 Å². The fourth-order valence-electron chi connectivity index (χ4n) is 4.44. The van der Waals surface area contributed by atoms with Gasteiger partial charge in [0.1, 0.15) is 17.2 Å². The lowest BCUT2D eigenvalue weighted by atomic mass is 10.1. The van der Waals surface area contributed by atoms with Crippen molar-refractivity contribution < 1.29 is 22.7 Å². The number of carbonyl (C=O) groups is 1. The Bertz CT molecular complexity index is 1030. The Kier molecular flexibility index (Phi) is 5.17. The molecule has 32 heavy (non-hydrogen) atoms. The number of alkyl halides is 3. The number of amides is 1. The number of imidazole rings is 1. The van der Waals surface area contributed by atoms with E-state index >= 15 is 0 Å². The van der Waals surface area contributed by atoms with E-state index in [1.165, 1.54) is 6.20 Å². The van der Waals surface area contributed by atoms with Crippen molar-refractivity contribution >= 4 is 11.9 Å². The maximum absolute atomic E-state index is 13.3. The van der Waals surface area contributed by atoms with Crippen molar-refractivity contribution in [3.05, 3.63) is 29.8 Å². The van der Waals surface area contributed by atoms with E-state index < -0.39 is 23.2 Å². The summed E-state index contributed by atoms with van der Waals surface area (Å²) in [6.07, 6.45) is -1.79. The summed E-state index contributed by atoms with van der Waals surface area (Å²) in [5.74, 6) is 0.878. The van der Waals surface area contributed by atoms with Crippen LogP contribution < -0.4 is 5.73 Å². The Morgan fingerprint density at radius 2 is 1.84 bits per heavy atom. The zero-order chi connectivity index (χ0) is 23.6. The predicted octanol–water partition coefficient (Wildman–Crippen LogP) is 4.71. The van der Waals surface area contributed by atoms with Gasteiger partial charge in [0.25, 0.3) is 0 Å². The third kappa shape index (κ3) is 4.14. The summed E-state index contributed by atoms with van der Waals surface area (Å²) >= 11 is 0. The molecule has 2 unspecified atom stereocenters. The molecule has 0 spiro atoms. The minimum atomic E-state index is -4.59. The van der Waals surface area contributed by atoms with Crippen LogP contribution in [0.3, 0.4) is 0 Å². The smallest absolute Gasteiger partial charge is 0.419 e. The van der Waals surface area contributed by atoms with Crippen LogP contribution in [-0.4, -0.2) is 44.2 Å². The molecule has 1 aliphatic heterocycles. The number of carbonyl (C=O) groups excluding carboxylic acids is 1. The lowest BCUT2D eigenvalue weighted by Gasteiger charge is -2.26. The van der Waals surface area contributed by atoms with Crippen LogP contribution in [0, 0.1) is 11.8 Å². The van der Waals surface area contributed by atoms with Gasteiger partial charge in [-0.3, -0.25) is 0 Å². The molecule has 1 amide bonds. The van der Waals surface area contributed by atoms with Crippen molar-refractivity contribution in [2.75, 3.05) is 18.8 Å². The highest BCUT2D eigenvalue weighted by atomic mass is 19.4. The third-order valence-corrected chi connectivity index (χ3v) is 5.92. The Balaban J connectivity index is 1.56. The second-order valence-electron chi connectivity index (χ2n) is 9.90. The van der Waals surface area contributed by atoms with E-state index in [2.05, 4.69) is 14.5 Å². The van der Waals surface area contributed by atoms with Crippen LogP contribution in [0.25, 0.3) is 11.3 Å². The lowest BCUT2D eigenvalue weighted by Crippen LogP contribution is -2.37. The summed E-state index contributed by atoms with van der Waals surface area (Å²) in [6.45, 7) is 10.7. The van der Waals surface area contributed by atoms with Crippen molar-refractivity contribution in [2.45, 2.75) is 58.4 Å². The molecule has 0 bridgehead atoms. The molecule has 1 aliphatic carbocycles. The molecule has 0 aromatic carbocycles. The normalized spacial score (nSPS) is 22.9. The Hall–Kier alpha value is -2.78. The SMILES string of the molecule is CC(C)c1nc(-c2cnc(N)c(C(F)(F)F)c2)cn1C1C2CN(C(=O)OC(C)(C)C)CC21. The second-order valence-corrected chi connectivity index (χ2v) is 9.90. The van der Waals surface area contributed by atoms with Crippen LogP contribution in [0.4, 0.5) is 23.8 Å². The number of nitrogens with two attached hydrogens (primary N) is 1. The molecule has 2 aromatic rings. The summed E-state index contributed by atoms with van der Waals surface area (Å²) in [6, 6.07) is 1.16. The molecule has 1 saturated heterocycles. The van der Waals surface area contributed by atoms with Gasteiger partial charge in [-0.1, -0.05) is 13.8 Å². The fourth-order valence-corrected chi connectivity index (χ4v) is 4.44. The number of hydrogen-bond donors (Lipinski definition) is 1. The number of halogens is 3. The van der Waals surface area contributed by atoms with Crippen LogP contribution in [0.1, 0.15) is 58.0 Å². The number of pyridine rings is 1. The van der Waals surface area contributed by atoms with Gasteiger partial charge in [-0.25, -0.2) is 14.8 Å². The minimum absolute atomic E-state index is 0.0795. The van der Waals surface area contributed by atoms with Crippen LogP contribution in [0.2, 0.25) is 0 Å². The molecule has 7 nitrogen and oxygen atoms in total.